The number of likely N-dealkylation sites (tertiary alicyclic amines) is 1. The molecule has 22 heavy (non-hydrogen) atoms. The van der Waals surface area contributed by atoms with Gasteiger partial charge >= 0.3 is 0 Å². The molecule has 1 aromatic heterocycles. The van der Waals surface area contributed by atoms with Crippen LogP contribution in [0.15, 0.2) is 24.4 Å². The van der Waals surface area contributed by atoms with Gasteiger partial charge in [0.15, 0.2) is 0 Å². The van der Waals surface area contributed by atoms with E-state index in [0.717, 1.165) is 0 Å². The van der Waals surface area contributed by atoms with E-state index in [1.54, 1.807) is 13.1 Å². The molecule has 0 N–H and O–H groups in total. The Morgan fingerprint density at radius 2 is 2.18 bits per heavy atom. The van der Waals surface area contributed by atoms with Crippen LogP contribution < -0.4 is 0 Å². The Bertz CT molecular complexity index is 761. The molecular weight excluding hydrogens is 311 g/mol. The number of carbonyl (C=O) groups excluding carboxylic acids is 2. The van der Waals surface area contributed by atoms with Crippen molar-refractivity contribution in [3.05, 3.63) is 40.9 Å². The molecular formula is C14H12ClFN4O2. The second-order valence-electron chi connectivity index (χ2n) is 5.18. The lowest BCUT2D eigenvalue weighted by Crippen LogP contribution is -2.29. The zero-order chi connectivity index (χ0) is 15.9. The van der Waals surface area contributed by atoms with E-state index in [0.29, 0.717) is 11.4 Å². The number of carbonyl (C=O) groups is 2. The summed E-state index contributed by atoms with van der Waals surface area (Å²) in [6.07, 6.45) is 1.80. The van der Waals surface area contributed by atoms with Gasteiger partial charge in [0.2, 0.25) is 11.8 Å². The van der Waals surface area contributed by atoms with Gasteiger partial charge in [-0.3, -0.25) is 14.5 Å². The maximum absolute atomic E-state index is 13.2. The zero-order valence-corrected chi connectivity index (χ0v) is 12.4. The SMILES string of the molecule is CC1CC(=O)N(Cc2cn(-c3ccc(F)c(Cl)c3)nn2)C1=O. The Kier molecular flexibility index (Phi) is 3.66. The second kappa shape index (κ2) is 5.49. The first-order chi connectivity index (χ1) is 10.5. The predicted molar refractivity (Wildman–Crippen MR) is 75.7 cm³/mol. The molecule has 1 aliphatic rings. The second-order valence-corrected chi connectivity index (χ2v) is 5.58. The fourth-order valence-corrected chi connectivity index (χ4v) is 2.48. The van der Waals surface area contributed by atoms with E-state index in [4.69, 9.17) is 11.6 Å². The van der Waals surface area contributed by atoms with Crippen molar-refractivity contribution < 1.29 is 14.0 Å². The third-order valence-corrected chi connectivity index (χ3v) is 3.79. The van der Waals surface area contributed by atoms with Crippen molar-refractivity contribution in [3.63, 3.8) is 0 Å². The number of aromatic nitrogens is 3. The molecule has 6 nitrogen and oxygen atoms in total. The third-order valence-electron chi connectivity index (χ3n) is 3.50. The van der Waals surface area contributed by atoms with Gasteiger partial charge in [0.25, 0.3) is 0 Å². The van der Waals surface area contributed by atoms with Crippen LogP contribution in [0.2, 0.25) is 5.02 Å². The number of nitrogens with zero attached hydrogens (tertiary/aromatic N) is 4. The van der Waals surface area contributed by atoms with Gasteiger partial charge in [-0.05, 0) is 18.2 Å². The van der Waals surface area contributed by atoms with Gasteiger partial charge in [0.1, 0.15) is 11.5 Å². The maximum atomic E-state index is 13.2. The van der Waals surface area contributed by atoms with Gasteiger partial charge in [0, 0.05) is 12.3 Å². The molecule has 0 spiro atoms. The average Bonchev–Trinajstić information content (AvgIpc) is 3.03. The summed E-state index contributed by atoms with van der Waals surface area (Å²) < 4.78 is 14.6. The highest BCUT2D eigenvalue weighted by atomic mass is 35.5. The molecule has 1 saturated heterocycles. The van der Waals surface area contributed by atoms with E-state index in [1.807, 2.05) is 0 Å². The van der Waals surface area contributed by atoms with Crippen LogP contribution in [-0.4, -0.2) is 31.7 Å². The first-order valence-corrected chi connectivity index (χ1v) is 7.04. The monoisotopic (exact) mass is 322 g/mol. The van der Waals surface area contributed by atoms with Gasteiger partial charge in [-0.1, -0.05) is 23.7 Å². The minimum absolute atomic E-state index is 0.0201. The molecule has 8 heteroatoms. The molecule has 114 valence electrons. The Morgan fingerprint density at radius 1 is 1.41 bits per heavy atom. The van der Waals surface area contributed by atoms with Crippen LogP contribution in [0.4, 0.5) is 4.39 Å². The average molecular weight is 323 g/mol. The van der Waals surface area contributed by atoms with Crippen LogP contribution in [0.1, 0.15) is 19.0 Å². The lowest BCUT2D eigenvalue weighted by molar-refractivity contribution is -0.140. The highest BCUT2D eigenvalue weighted by molar-refractivity contribution is 6.30. The fraction of sp³-hybridized carbons (Fsp3) is 0.286. The standard InChI is InChI=1S/C14H12ClFN4O2/c1-8-4-13(21)19(14(8)22)6-9-7-20(18-17-9)10-2-3-12(16)11(15)5-10/h2-3,5,7-8H,4,6H2,1H3. The molecule has 3 rings (SSSR count). The number of hydrogen-bond donors (Lipinski definition) is 0. The van der Waals surface area contributed by atoms with E-state index in [1.165, 1.54) is 27.8 Å². The van der Waals surface area contributed by atoms with Crippen molar-refractivity contribution in [3.8, 4) is 5.69 Å². The summed E-state index contributed by atoms with van der Waals surface area (Å²) in [5.74, 6) is -1.23. The Labute approximate surface area is 130 Å². The van der Waals surface area contributed by atoms with E-state index in [9.17, 15) is 14.0 Å². The Balaban J connectivity index is 1.81. The lowest BCUT2D eigenvalue weighted by atomic mass is 10.1. The van der Waals surface area contributed by atoms with E-state index < -0.39 is 5.82 Å². The minimum Gasteiger partial charge on any atom is -0.276 e. The summed E-state index contributed by atoms with van der Waals surface area (Å²) in [5, 5.41) is 7.82. The van der Waals surface area contributed by atoms with Crippen LogP contribution in [0.3, 0.4) is 0 Å². The topological polar surface area (TPSA) is 68.1 Å². The molecule has 0 saturated carbocycles. The summed E-state index contributed by atoms with van der Waals surface area (Å²) in [4.78, 5) is 24.8. The fourth-order valence-electron chi connectivity index (χ4n) is 2.30. The summed E-state index contributed by atoms with van der Waals surface area (Å²) in [6.45, 7) is 1.80. The van der Waals surface area contributed by atoms with Crippen molar-refractivity contribution in [1.29, 1.82) is 0 Å². The van der Waals surface area contributed by atoms with Gasteiger partial charge in [-0.25, -0.2) is 9.07 Å². The maximum Gasteiger partial charge on any atom is 0.232 e. The summed E-state index contributed by atoms with van der Waals surface area (Å²) in [6, 6.07) is 4.16. The first-order valence-electron chi connectivity index (χ1n) is 6.66. The summed E-state index contributed by atoms with van der Waals surface area (Å²) >= 11 is 5.73. The van der Waals surface area contributed by atoms with Gasteiger partial charge in [0.05, 0.1) is 23.5 Å². The zero-order valence-electron chi connectivity index (χ0n) is 11.7. The number of amides is 2. The summed E-state index contributed by atoms with van der Waals surface area (Å²) in [5.41, 5.74) is 1.01. The molecule has 2 aromatic rings. The molecule has 1 fully saturated rings. The Hall–Kier alpha value is -2.28. The van der Waals surface area contributed by atoms with Crippen LogP contribution in [-0.2, 0) is 16.1 Å². The molecule has 0 aliphatic carbocycles. The number of imide groups is 1. The van der Waals surface area contributed by atoms with Crippen molar-refractivity contribution >= 4 is 23.4 Å². The minimum atomic E-state index is -0.520. The number of rotatable bonds is 3. The molecule has 2 heterocycles. The Morgan fingerprint density at radius 3 is 2.82 bits per heavy atom. The molecule has 1 aliphatic heterocycles. The quantitative estimate of drug-likeness (QED) is 0.810. The van der Waals surface area contributed by atoms with Gasteiger partial charge in [-0.2, -0.15) is 0 Å². The highest BCUT2D eigenvalue weighted by Crippen LogP contribution is 2.21. The van der Waals surface area contributed by atoms with Gasteiger partial charge in [-0.15, -0.1) is 5.10 Å². The normalized spacial score (nSPS) is 18.3. The van der Waals surface area contributed by atoms with Crippen LogP contribution in [0, 0.1) is 11.7 Å². The van der Waals surface area contributed by atoms with E-state index in [2.05, 4.69) is 10.3 Å². The molecule has 2 amide bonds. The van der Waals surface area contributed by atoms with Crippen molar-refractivity contribution in [2.45, 2.75) is 19.9 Å². The van der Waals surface area contributed by atoms with Crippen molar-refractivity contribution in [2.24, 2.45) is 5.92 Å². The van der Waals surface area contributed by atoms with Crippen LogP contribution in [0.5, 0.6) is 0 Å². The highest BCUT2D eigenvalue weighted by Gasteiger charge is 2.35. The number of halogens is 2. The summed E-state index contributed by atoms with van der Waals surface area (Å²) in [7, 11) is 0. The predicted octanol–water partition coefficient (Wildman–Crippen LogP) is 1.95. The lowest BCUT2D eigenvalue weighted by Gasteiger charge is -2.11. The largest absolute Gasteiger partial charge is 0.276 e. The molecule has 1 unspecified atom stereocenters. The van der Waals surface area contributed by atoms with Crippen LogP contribution >= 0.6 is 11.6 Å². The van der Waals surface area contributed by atoms with E-state index in [-0.39, 0.29) is 35.7 Å². The molecule has 0 bridgehead atoms. The number of hydrogen-bond acceptors (Lipinski definition) is 4. The van der Waals surface area contributed by atoms with Crippen LogP contribution in [0.25, 0.3) is 5.69 Å². The van der Waals surface area contributed by atoms with Gasteiger partial charge < -0.3 is 0 Å². The first kappa shape index (κ1) is 14.6. The molecule has 1 atom stereocenters. The van der Waals surface area contributed by atoms with Crippen molar-refractivity contribution in [2.75, 3.05) is 0 Å². The third kappa shape index (κ3) is 2.59. The number of benzene rings is 1. The van der Waals surface area contributed by atoms with Crippen molar-refractivity contribution in [1.82, 2.24) is 19.9 Å². The molecule has 0 radical (unpaired) electrons. The smallest absolute Gasteiger partial charge is 0.232 e. The molecule has 1 aromatic carbocycles. The van der Waals surface area contributed by atoms with E-state index >= 15 is 0 Å².